The van der Waals surface area contributed by atoms with Crippen LogP contribution in [0.1, 0.15) is 0 Å². The first-order valence-electron chi connectivity index (χ1n) is 9.27. The van der Waals surface area contributed by atoms with Crippen molar-refractivity contribution in [2.24, 2.45) is 0 Å². The van der Waals surface area contributed by atoms with Gasteiger partial charge >= 0.3 is 210 Å². The Morgan fingerprint density at radius 3 is 2.41 bits per heavy atom. The molecule has 0 aliphatic carbocycles. The van der Waals surface area contributed by atoms with Crippen LogP contribution >= 0.6 is 27.5 Å². The van der Waals surface area contributed by atoms with Gasteiger partial charge in [0.15, 0.2) is 0 Å². The molecule has 0 bridgehead atoms. The van der Waals surface area contributed by atoms with E-state index in [9.17, 15) is 8.42 Å². The van der Waals surface area contributed by atoms with Gasteiger partial charge in [0.25, 0.3) is 0 Å². The summed E-state index contributed by atoms with van der Waals surface area (Å²) in [5, 5.41) is 3.55. The van der Waals surface area contributed by atoms with E-state index in [0.717, 1.165) is 10.2 Å². The van der Waals surface area contributed by atoms with Crippen LogP contribution in [0.2, 0.25) is 5.02 Å². The van der Waals surface area contributed by atoms with Crippen LogP contribution in [0.4, 0.5) is 11.4 Å². The fourth-order valence-electron chi connectivity index (χ4n) is 2.91. The van der Waals surface area contributed by atoms with Crippen molar-refractivity contribution in [3.05, 3.63) is 76.2 Å². The molecule has 0 unspecified atom stereocenters. The molecule has 0 radical (unpaired) electrons. The first-order chi connectivity index (χ1) is 15.3. The molecular formula is C22H20BrClCoN2O4S. The van der Waals surface area contributed by atoms with Crippen molar-refractivity contribution >= 4 is 53.5 Å². The molecule has 0 atom stereocenters. The van der Waals surface area contributed by atoms with Crippen LogP contribution < -0.4 is 19.1 Å². The fourth-order valence-corrected chi connectivity index (χ4v) is 5.32. The van der Waals surface area contributed by atoms with E-state index in [2.05, 4.69) is 36.5 Å². The molecule has 171 valence electrons. The van der Waals surface area contributed by atoms with Crippen molar-refractivity contribution in [1.82, 2.24) is 0 Å². The van der Waals surface area contributed by atoms with E-state index >= 15 is 0 Å². The van der Waals surface area contributed by atoms with Crippen LogP contribution in [0.15, 0.2) is 76.1 Å². The van der Waals surface area contributed by atoms with Crippen molar-refractivity contribution in [3.63, 3.8) is 0 Å². The van der Waals surface area contributed by atoms with Crippen LogP contribution in [-0.4, -0.2) is 33.8 Å². The van der Waals surface area contributed by atoms with Crippen molar-refractivity contribution in [2.75, 3.05) is 30.4 Å². The number of hydrogen-bond acceptors (Lipinski definition) is 5. The quantitative estimate of drug-likeness (QED) is 0.380. The summed E-state index contributed by atoms with van der Waals surface area (Å²) in [6.07, 6.45) is 0. The minimum atomic E-state index is -4.01. The van der Waals surface area contributed by atoms with Crippen molar-refractivity contribution in [2.45, 2.75) is 4.90 Å². The number of para-hydroxylation sites is 1. The van der Waals surface area contributed by atoms with Gasteiger partial charge in [-0.05, 0) is 0 Å². The van der Waals surface area contributed by atoms with Gasteiger partial charge < -0.3 is 0 Å². The SMILES string of the molecule is COc1ccc(S(=O)(=O)N(C[C](=[Co])Nc2ccccc2Br)c2cccc(Cl)c2)cc1OC. The molecule has 6 nitrogen and oxygen atoms in total. The summed E-state index contributed by atoms with van der Waals surface area (Å²) in [4.78, 5) is 0.0383. The maximum absolute atomic E-state index is 13.7. The molecule has 10 heteroatoms. The zero-order valence-electron chi connectivity index (χ0n) is 17.1. The molecule has 1 N–H and O–H groups in total. The Labute approximate surface area is 208 Å². The number of hydrogen-bond donors (Lipinski definition) is 1. The topological polar surface area (TPSA) is 67.9 Å². The van der Waals surface area contributed by atoms with Crippen LogP contribution in [-0.2, 0) is 25.3 Å². The number of halogens is 2. The summed E-state index contributed by atoms with van der Waals surface area (Å²) in [6, 6.07) is 18.5. The molecule has 0 fully saturated rings. The predicted octanol–water partition coefficient (Wildman–Crippen LogP) is 5.10. The predicted molar refractivity (Wildman–Crippen MR) is 128 cm³/mol. The zero-order chi connectivity index (χ0) is 23.3. The molecule has 32 heavy (non-hydrogen) atoms. The first-order valence-corrected chi connectivity index (χ1v) is 12.4. The van der Waals surface area contributed by atoms with Crippen molar-refractivity contribution in [1.29, 1.82) is 0 Å². The molecule has 3 rings (SSSR count). The van der Waals surface area contributed by atoms with Gasteiger partial charge in [-0.2, -0.15) is 0 Å². The number of ether oxygens (including phenoxy) is 2. The monoisotopic (exact) mass is 581 g/mol. The number of rotatable bonds is 9. The van der Waals surface area contributed by atoms with Gasteiger partial charge in [-0.1, -0.05) is 0 Å². The van der Waals surface area contributed by atoms with Crippen LogP contribution in [0.3, 0.4) is 0 Å². The summed E-state index contributed by atoms with van der Waals surface area (Å²) < 4.78 is 40.3. The van der Waals surface area contributed by atoms with Crippen LogP contribution in [0.5, 0.6) is 11.5 Å². The molecule has 0 aliphatic rings. The van der Waals surface area contributed by atoms with Gasteiger partial charge in [0.2, 0.25) is 0 Å². The Morgan fingerprint density at radius 2 is 1.75 bits per heavy atom. The van der Waals surface area contributed by atoms with E-state index in [1.165, 1.54) is 30.7 Å². The Bertz CT molecular complexity index is 1240. The Morgan fingerprint density at radius 1 is 1.03 bits per heavy atom. The molecular weight excluding hydrogens is 563 g/mol. The molecule has 0 aromatic heterocycles. The average Bonchev–Trinajstić information content (AvgIpc) is 2.78. The molecule has 0 spiro atoms. The van der Waals surface area contributed by atoms with Gasteiger partial charge in [0, 0.05) is 0 Å². The van der Waals surface area contributed by atoms with E-state index in [1.54, 1.807) is 30.3 Å². The summed E-state index contributed by atoms with van der Waals surface area (Å²) in [6.45, 7) is -0.0572. The second-order valence-electron chi connectivity index (χ2n) is 6.49. The molecule has 3 aromatic carbocycles. The summed E-state index contributed by atoms with van der Waals surface area (Å²) in [5.41, 5.74) is 1.15. The maximum atomic E-state index is 13.7. The third-order valence-electron chi connectivity index (χ3n) is 4.45. The normalized spacial score (nSPS) is 11.0. The van der Waals surface area contributed by atoms with Crippen molar-refractivity contribution < 1.29 is 33.2 Å². The molecule has 0 heterocycles. The number of benzene rings is 3. The Hall–Kier alpha value is -2.04. The van der Waals surface area contributed by atoms with Gasteiger partial charge in [0.1, 0.15) is 0 Å². The summed E-state index contributed by atoms with van der Waals surface area (Å²) in [5.74, 6) is 0.734. The Kier molecular flexibility index (Phi) is 8.24. The number of methoxy groups -OCH3 is 2. The second-order valence-corrected chi connectivity index (χ2v) is 10.3. The molecule has 3 aromatic rings. The van der Waals surface area contributed by atoms with E-state index in [4.69, 9.17) is 21.1 Å². The van der Waals surface area contributed by atoms with E-state index in [-0.39, 0.29) is 11.4 Å². The molecule has 0 saturated carbocycles. The second kappa shape index (κ2) is 10.7. The van der Waals surface area contributed by atoms with Gasteiger partial charge in [-0.15, -0.1) is 0 Å². The van der Waals surface area contributed by atoms with Crippen molar-refractivity contribution in [3.8, 4) is 11.5 Å². The minimum absolute atomic E-state index is 0.0383. The number of nitrogens with one attached hydrogen (secondary N) is 1. The zero-order valence-corrected chi connectivity index (χ0v) is 21.3. The standard InChI is InChI=1S/C22H20BrClN2O4S.Co/c1-29-21-11-10-18(15-22(21)30-2)31(27,28)26(17-7-5-6-16(24)14-17)13-12-25-20-9-4-3-8-19(20)23;/h3-11,14-15,25H,13H2,1-2H3;. The molecule has 0 amide bonds. The third kappa shape index (κ3) is 5.65. The van der Waals surface area contributed by atoms with E-state index in [1.807, 2.05) is 24.3 Å². The third-order valence-corrected chi connectivity index (χ3v) is 7.44. The van der Waals surface area contributed by atoms with Gasteiger partial charge in [0.05, 0.1) is 0 Å². The first kappa shape index (κ1) is 24.6. The Balaban J connectivity index is 2.01. The number of anilines is 2. The number of sulfonamides is 1. The summed E-state index contributed by atoms with van der Waals surface area (Å²) in [7, 11) is -1.08. The van der Waals surface area contributed by atoms with Crippen LogP contribution in [0.25, 0.3) is 0 Å². The van der Waals surface area contributed by atoms with E-state index in [0.29, 0.717) is 26.8 Å². The number of nitrogens with zero attached hydrogens (tertiary/aromatic N) is 1. The van der Waals surface area contributed by atoms with E-state index < -0.39 is 10.0 Å². The molecule has 0 aliphatic heterocycles. The fraction of sp³-hybridized carbons (Fsp3) is 0.136. The van der Waals surface area contributed by atoms with Gasteiger partial charge in [-0.3, -0.25) is 0 Å². The summed E-state index contributed by atoms with van der Waals surface area (Å²) >= 11 is 14.2. The van der Waals surface area contributed by atoms with Gasteiger partial charge in [-0.25, -0.2) is 0 Å². The van der Waals surface area contributed by atoms with Crippen LogP contribution in [0, 0.1) is 0 Å². The molecule has 0 saturated heterocycles. The average molecular weight is 583 g/mol.